The first kappa shape index (κ1) is 28.2. The van der Waals surface area contributed by atoms with E-state index in [1.165, 1.54) is 48.8 Å². The Kier molecular flexibility index (Phi) is 13.3. The van der Waals surface area contributed by atoms with Crippen molar-refractivity contribution >= 4 is 0 Å². The fourth-order valence-electron chi connectivity index (χ4n) is 3.46. The molecular weight excluding hydrogens is 394 g/mol. The summed E-state index contributed by atoms with van der Waals surface area (Å²) >= 11 is 0. The van der Waals surface area contributed by atoms with Crippen LogP contribution in [0.1, 0.15) is 90.9 Å². The number of unbranched alkanes of at least 4 members (excludes halogenated alkanes) is 1. The molecule has 2 aromatic rings. The Hall–Kier alpha value is -1.84. The van der Waals surface area contributed by atoms with Gasteiger partial charge in [-0.15, -0.1) is 0 Å². The molecule has 2 aromatic carbocycles. The van der Waals surface area contributed by atoms with Crippen LogP contribution in [-0.4, -0.2) is 25.9 Å². The summed E-state index contributed by atoms with van der Waals surface area (Å²) in [5, 5.41) is 10.4. The van der Waals surface area contributed by atoms with Crippen molar-refractivity contribution in [2.75, 3.05) is 20.8 Å². The molecule has 0 radical (unpaired) electrons. The number of rotatable bonds is 9. The van der Waals surface area contributed by atoms with E-state index in [4.69, 9.17) is 9.84 Å². The van der Waals surface area contributed by atoms with E-state index in [2.05, 4.69) is 88.5 Å². The van der Waals surface area contributed by atoms with Crippen LogP contribution in [0.2, 0.25) is 0 Å². The van der Waals surface area contributed by atoms with E-state index >= 15 is 0 Å². The molecule has 1 fully saturated rings. The maximum atomic E-state index is 7.00. The molecular formula is C29H49NO2. The Labute approximate surface area is 199 Å². The smallest absolute Gasteiger partial charge is 0.119 e. The van der Waals surface area contributed by atoms with Gasteiger partial charge in [0.15, 0.2) is 0 Å². The van der Waals surface area contributed by atoms with Gasteiger partial charge in [-0.05, 0) is 72.9 Å². The lowest BCUT2D eigenvalue weighted by atomic mass is 9.90. The molecule has 3 rings (SSSR count). The van der Waals surface area contributed by atoms with Crippen LogP contribution in [0.5, 0.6) is 5.75 Å². The van der Waals surface area contributed by atoms with Crippen LogP contribution in [0.3, 0.4) is 0 Å². The van der Waals surface area contributed by atoms with E-state index in [-0.39, 0.29) is 7.47 Å². The van der Waals surface area contributed by atoms with Gasteiger partial charge in [0.1, 0.15) is 5.75 Å². The number of aliphatic hydroxyl groups excluding tert-OH is 1. The van der Waals surface area contributed by atoms with Gasteiger partial charge in [0.05, 0.1) is 12.6 Å². The first-order chi connectivity index (χ1) is 15.4. The van der Waals surface area contributed by atoms with Crippen LogP contribution in [0, 0.1) is 11.3 Å². The van der Waals surface area contributed by atoms with E-state index in [0.29, 0.717) is 5.41 Å². The second-order valence-electron chi connectivity index (χ2n) is 9.81. The highest BCUT2D eigenvalue weighted by molar-refractivity contribution is 5.37. The average Bonchev–Trinajstić information content (AvgIpc) is 3.64. The SMILES string of the molecule is CCCCC(C)(C)C.CCc1ccc(C(NC)c2cccc(OCC3CC3)c2)cc1.CO.[HH]. The molecule has 0 heterocycles. The molecule has 0 bridgehead atoms. The highest BCUT2D eigenvalue weighted by Crippen LogP contribution is 2.30. The summed E-state index contributed by atoms with van der Waals surface area (Å²) in [6.07, 6.45) is 7.80. The maximum absolute atomic E-state index is 7.00. The summed E-state index contributed by atoms with van der Waals surface area (Å²) < 4.78 is 5.91. The number of aryl methyl sites for hydroxylation is 1. The highest BCUT2D eigenvalue weighted by Gasteiger charge is 2.22. The largest absolute Gasteiger partial charge is 0.493 e. The van der Waals surface area contributed by atoms with E-state index in [1.54, 1.807) is 0 Å². The van der Waals surface area contributed by atoms with Crippen LogP contribution >= 0.6 is 0 Å². The average molecular weight is 444 g/mol. The minimum Gasteiger partial charge on any atom is -0.493 e. The Bertz CT molecular complexity index is 736. The molecule has 0 spiro atoms. The zero-order valence-electron chi connectivity index (χ0n) is 21.6. The van der Waals surface area contributed by atoms with Crippen LogP contribution in [-0.2, 0) is 6.42 Å². The van der Waals surface area contributed by atoms with Crippen LogP contribution in [0.15, 0.2) is 48.5 Å². The van der Waals surface area contributed by atoms with E-state index in [0.717, 1.165) is 31.8 Å². The van der Waals surface area contributed by atoms with Crippen molar-refractivity contribution in [3.63, 3.8) is 0 Å². The van der Waals surface area contributed by atoms with Crippen LogP contribution < -0.4 is 10.1 Å². The molecule has 2 N–H and O–H groups in total. The lowest BCUT2D eigenvalue weighted by Crippen LogP contribution is -2.17. The molecule has 1 aliphatic rings. The van der Waals surface area contributed by atoms with Crippen LogP contribution in [0.4, 0.5) is 0 Å². The third kappa shape index (κ3) is 11.2. The molecule has 3 nitrogen and oxygen atoms in total. The van der Waals surface area contributed by atoms with Gasteiger partial charge >= 0.3 is 0 Å². The van der Waals surface area contributed by atoms with Crippen molar-refractivity contribution in [2.45, 2.75) is 79.2 Å². The third-order valence-electron chi connectivity index (χ3n) is 5.66. The minimum atomic E-state index is 0. The molecule has 1 aliphatic carbocycles. The number of ether oxygens (including phenoxy) is 1. The van der Waals surface area contributed by atoms with Crippen molar-refractivity contribution in [3.05, 3.63) is 65.2 Å². The second kappa shape index (κ2) is 15.1. The predicted molar refractivity (Wildman–Crippen MR) is 141 cm³/mol. The van der Waals surface area contributed by atoms with E-state index < -0.39 is 0 Å². The van der Waals surface area contributed by atoms with Gasteiger partial charge in [-0.25, -0.2) is 0 Å². The molecule has 32 heavy (non-hydrogen) atoms. The second-order valence-corrected chi connectivity index (χ2v) is 9.81. The predicted octanol–water partition coefficient (Wildman–Crippen LogP) is 7.42. The van der Waals surface area contributed by atoms with Gasteiger partial charge in [-0.1, -0.05) is 83.9 Å². The lowest BCUT2D eigenvalue weighted by Gasteiger charge is -2.18. The van der Waals surface area contributed by atoms with Crippen molar-refractivity contribution in [3.8, 4) is 5.75 Å². The number of benzene rings is 2. The Balaban J connectivity index is 0.000000798. The zero-order chi connectivity index (χ0) is 24.0. The fraction of sp³-hybridized carbons (Fsp3) is 0.586. The maximum Gasteiger partial charge on any atom is 0.119 e. The number of aliphatic hydroxyl groups is 1. The van der Waals surface area contributed by atoms with Crippen molar-refractivity contribution in [2.24, 2.45) is 11.3 Å². The molecule has 182 valence electrons. The van der Waals surface area contributed by atoms with E-state index in [9.17, 15) is 0 Å². The Morgan fingerprint density at radius 3 is 2.16 bits per heavy atom. The van der Waals surface area contributed by atoms with Gasteiger partial charge < -0.3 is 15.2 Å². The molecule has 0 aromatic heterocycles. The normalized spacial score (nSPS) is 13.9. The minimum absolute atomic E-state index is 0. The highest BCUT2D eigenvalue weighted by atomic mass is 16.5. The monoisotopic (exact) mass is 443 g/mol. The van der Waals surface area contributed by atoms with Gasteiger partial charge in [-0.3, -0.25) is 0 Å². The quantitative estimate of drug-likeness (QED) is 0.423. The van der Waals surface area contributed by atoms with Gasteiger partial charge in [0, 0.05) is 8.54 Å². The lowest BCUT2D eigenvalue weighted by molar-refractivity contribution is 0.299. The van der Waals surface area contributed by atoms with Crippen molar-refractivity contribution in [1.29, 1.82) is 0 Å². The van der Waals surface area contributed by atoms with Crippen molar-refractivity contribution < 1.29 is 11.3 Å². The van der Waals surface area contributed by atoms with Gasteiger partial charge in [0.25, 0.3) is 0 Å². The molecule has 1 atom stereocenters. The molecule has 1 saturated carbocycles. The van der Waals surface area contributed by atoms with Gasteiger partial charge in [0.2, 0.25) is 0 Å². The Morgan fingerprint density at radius 2 is 1.69 bits per heavy atom. The number of hydrogen-bond donors (Lipinski definition) is 2. The summed E-state index contributed by atoms with van der Waals surface area (Å²) in [5.41, 5.74) is 4.47. The first-order valence-electron chi connectivity index (χ1n) is 12.3. The van der Waals surface area contributed by atoms with Crippen molar-refractivity contribution in [1.82, 2.24) is 5.32 Å². The number of nitrogens with one attached hydrogen (secondary N) is 1. The zero-order valence-corrected chi connectivity index (χ0v) is 21.6. The summed E-state index contributed by atoms with van der Waals surface area (Å²) in [6.45, 7) is 12.2. The van der Waals surface area contributed by atoms with Crippen LogP contribution in [0.25, 0.3) is 0 Å². The molecule has 1 unspecified atom stereocenters. The molecule has 0 amide bonds. The third-order valence-corrected chi connectivity index (χ3v) is 5.66. The summed E-state index contributed by atoms with van der Waals surface area (Å²) in [4.78, 5) is 0. The van der Waals surface area contributed by atoms with Gasteiger partial charge in [-0.2, -0.15) is 0 Å². The molecule has 3 heteroatoms. The standard InChI is InChI=1S/C20H25NO.C8H18.CH4O.H2/c1-3-15-9-11-17(12-10-15)20(21-2)18-5-4-6-19(13-18)22-14-16-7-8-16;1-5-6-7-8(2,3)4;1-2;/h4-6,9-13,16,20-21H,3,7-8,14H2,1-2H3;5-7H2,1-4H3;2H,1H3;1H. The number of hydrogen-bond acceptors (Lipinski definition) is 3. The molecule has 0 saturated heterocycles. The van der Waals surface area contributed by atoms with E-state index in [1.807, 2.05) is 7.05 Å². The Morgan fingerprint density at radius 1 is 1.03 bits per heavy atom. The fourth-order valence-corrected chi connectivity index (χ4v) is 3.46. The molecule has 0 aliphatic heterocycles. The topological polar surface area (TPSA) is 41.5 Å². The summed E-state index contributed by atoms with van der Waals surface area (Å²) in [6, 6.07) is 17.5. The summed E-state index contributed by atoms with van der Waals surface area (Å²) in [5.74, 6) is 1.76. The first-order valence-corrected chi connectivity index (χ1v) is 12.3. The summed E-state index contributed by atoms with van der Waals surface area (Å²) in [7, 11) is 3.01.